The summed E-state index contributed by atoms with van der Waals surface area (Å²) in [5.74, 6) is -1.29. The minimum absolute atomic E-state index is 0.00310. The topological polar surface area (TPSA) is 137 Å². The van der Waals surface area contributed by atoms with Crippen LogP contribution in [0.25, 0.3) is 0 Å². The molecular weight excluding hydrogens is 438 g/mol. The fourth-order valence-electron chi connectivity index (χ4n) is 2.56. The van der Waals surface area contributed by atoms with Crippen molar-refractivity contribution in [3.63, 3.8) is 0 Å². The van der Waals surface area contributed by atoms with Gasteiger partial charge in [0.2, 0.25) is 5.91 Å². The Morgan fingerprint density at radius 2 is 1.84 bits per heavy atom. The van der Waals surface area contributed by atoms with E-state index in [9.17, 15) is 24.5 Å². The summed E-state index contributed by atoms with van der Waals surface area (Å²) in [6.45, 7) is 3.05. The molecule has 11 heteroatoms. The fourth-order valence-corrected chi connectivity index (χ4v) is 3.41. The lowest BCUT2D eigenvalue weighted by Crippen LogP contribution is -2.31. The Balaban J connectivity index is 1.99. The van der Waals surface area contributed by atoms with Crippen molar-refractivity contribution in [2.75, 3.05) is 24.8 Å². The number of esters is 1. The van der Waals surface area contributed by atoms with Crippen LogP contribution < -0.4 is 15.4 Å². The van der Waals surface area contributed by atoms with Gasteiger partial charge in [-0.1, -0.05) is 12.1 Å². The summed E-state index contributed by atoms with van der Waals surface area (Å²) in [4.78, 5) is 47.6. The molecule has 2 rings (SSSR count). The average molecular weight is 461 g/mol. The maximum absolute atomic E-state index is 12.5. The smallest absolute Gasteiger partial charge is 0.339 e. The van der Waals surface area contributed by atoms with E-state index >= 15 is 0 Å². The number of benzene rings is 2. The first-order chi connectivity index (χ1) is 15.2. The van der Waals surface area contributed by atoms with E-state index in [2.05, 4.69) is 10.6 Å². The first kappa shape index (κ1) is 24.7. The summed E-state index contributed by atoms with van der Waals surface area (Å²) in [5, 5.41) is 16.3. The number of amides is 2. The van der Waals surface area contributed by atoms with Crippen molar-refractivity contribution in [2.45, 2.75) is 24.8 Å². The molecule has 0 atom stereocenters. The Hall–Kier alpha value is -3.60. The van der Waals surface area contributed by atoms with Gasteiger partial charge in [-0.3, -0.25) is 19.7 Å². The molecule has 2 N–H and O–H groups in total. The summed E-state index contributed by atoms with van der Waals surface area (Å²) in [6, 6.07) is 10.5. The lowest BCUT2D eigenvalue weighted by Gasteiger charge is -2.11. The number of anilines is 1. The molecule has 0 saturated carbocycles. The van der Waals surface area contributed by atoms with Gasteiger partial charge in [0.15, 0.2) is 6.61 Å². The normalized spacial score (nSPS) is 10.4. The lowest BCUT2D eigenvalue weighted by atomic mass is 10.2. The fraction of sp³-hybridized carbons (Fsp3) is 0.286. The predicted molar refractivity (Wildman–Crippen MR) is 119 cm³/mol. The second-order valence-corrected chi connectivity index (χ2v) is 7.79. The van der Waals surface area contributed by atoms with Gasteiger partial charge >= 0.3 is 5.97 Å². The van der Waals surface area contributed by atoms with E-state index in [1.807, 2.05) is 13.8 Å². The summed E-state index contributed by atoms with van der Waals surface area (Å²) < 4.78 is 10.0. The molecule has 0 aliphatic rings. The number of hydrogen-bond acceptors (Lipinski definition) is 8. The second kappa shape index (κ2) is 11.7. The third-order valence-electron chi connectivity index (χ3n) is 3.93. The van der Waals surface area contributed by atoms with Crippen molar-refractivity contribution in [3.05, 3.63) is 58.1 Å². The molecule has 0 aromatic heterocycles. The zero-order valence-electron chi connectivity index (χ0n) is 17.7. The van der Waals surface area contributed by atoms with E-state index in [4.69, 9.17) is 9.47 Å². The van der Waals surface area contributed by atoms with Crippen LogP contribution in [-0.2, 0) is 14.3 Å². The highest BCUT2D eigenvalue weighted by Crippen LogP contribution is 2.29. The molecule has 10 nitrogen and oxygen atoms in total. The molecule has 0 fully saturated rings. The Bertz CT molecular complexity index is 1010. The number of nitro benzene ring substituents is 1. The van der Waals surface area contributed by atoms with Crippen molar-refractivity contribution in [3.8, 4) is 5.75 Å². The van der Waals surface area contributed by atoms with Crippen LogP contribution in [0.2, 0.25) is 0 Å². The minimum Gasteiger partial charge on any atom is -0.496 e. The van der Waals surface area contributed by atoms with Crippen molar-refractivity contribution in [2.24, 2.45) is 0 Å². The molecule has 2 aromatic rings. The van der Waals surface area contributed by atoms with Gasteiger partial charge in [-0.25, -0.2) is 4.79 Å². The van der Waals surface area contributed by atoms with Crippen molar-refractivity contribution in [1.82, 2.24) is 5.32 Å². The van der Waals surface area contributed by atoms with E-state index in [0.29, 0.717) is 4.90 Å². The van der Waals surface area contributed by atoms with Gasteiger partial charge in [0.05, 0.1) is 29.4 Å². The summed E-state index contributed by atoms with van der Waals surface area (Å²) in [6.07, 6.45) is 0. The minimum atomic E-state index is -0.753. The van der Waals surface area contributed by atoms with E-state index in [1.54, 1.807) is 18.2 Å². The highest BCUT2D eigenvalue weighted by molar-refractivity contribution is 8.00. The van der Waals surface area contributed by atoms with Gasteiger partial charge in [-0.05, 0) is 38.1 Å². The number of carbonyl (C=O) groups is 3. The Kier molecular flexibility index (Phi) is 9.02. The molecule has 0 unspecified atom stereocenters. The molecule has 32 heavy (non-hydrogen) atoms. The molecule has 2 aromatic carbocycles. The number of nitro groups is 1. The van der Waals surface area contributed by atoms with Crippen molar-refractivity contribution in [1.29, 1.82) is 0 Å². The molecule has 0 heterocycles. The highest BCUT2D eigenvalue weighted by Gasteiger charge is 2.19. The quantitative estimate of drug-likeness (QED) is 0.238. The summed E-state index contributed by atoms with van der Waals surface area (Å²) in [5.41, 5.74) is -0.201. The molecular formula is C21H23N3O7S. The van der Waals surface area contributed by atoms with Crippen LogP contribution in [0.1, 0.15) is 24.2 Å². The Morgan fingerprint density at radius 3 is 2.50 bits per heavy atom. The lowest BCUT2D eigenvalue weighted by molar-refractivity contribution is -0.384. The number of nitrogens with zero attached hydrogens (tertiary/aromatic N) is 1. The average Bonchev–Trinajstić information content (AvgIpc) is 2.76. The number of thioether (sulfide) groups is 1. The highest BCUT2D eigenvalue weighted by atomic mass is 32.2. The maximum atomic E-state index is 12.5. The molecule has 0 aliphatic heterocycles. The van der Waals surface area contributed by atoms with Crippen LogP contribution in [-0.4, -0.2) is 48.2 Å². The second-order valence-electron chi connectivity index (χ2n) is 6.77. The molecule has 0 saturated heterocycles. The number of rotatable bonds is 10. The van der Waals surface area contributed by atoms with Gasteiger partial charge in [-0.2, -0.15) is 0 Å². The molecule has 0 bridgehead atoms. The largest absolute Gasteiger partial charge is 0.496 e. The van der Waals surface area contributed by atoms with Gasteiger partial charge in [0.25, 0.3) is 11.6 Å². The number of nitrogens with one attached hydrogen (secondary N) is 2. The van der Waals surface area contributed by atoms with Gasteiger partial charge in [-0.15, -0.1) is 11.8 Å². The molecule has 0 spiro atoms. The predicted octanol–water partition coefficient (Wildman–Crippen LogP) is 3.02. The van der Waals surface area contributed by atoms with Crippen LogP contribution in [0.15, 0.2) is 47.4 Å². The number of methoxy groups -OCH3 is 1. The monoisotopic (exact) mass is 461 g/mol. The van der Waals surface area contributed by atoms with E-state index in [0.717, 1.165) is 0 Å². The van der Waals surface area contributed by atoms with Crippen molar-refractivity contribution < 1.29 is 28.8 Å². The Labute approximate surface area is 188 Å². The summed E-state index contributed by atoms with van der Waals surface area (Å²) in [7, 11) is 1.36. The summed E-state index contributed by atoms with van der Waals surface area (Å²) >= 11 is 1.17. The third-order valence-corrected chi connectivity index (χ3v) is 5.00. The van der Waals surface area contributed by atoms with Crippen LogP contribution in [0.4, 0.5) is 11.4 Å². The number of hydrogen-bond donors (Lipinski definition) is 2. The van der Waals surface area contributed by atoms with E-state index < -0.39 is 23.4 Å². The third kappa shape index (κ3) is 7.27. The standard InChI is InChI=1S/C21H23N3O7S/c1-13(2)22-20(26)12-32-18-7-5-4-6-15(18)21(27)31-11-19(25)23-16-9-8-14(30-3)10-17(16)24(28)29/h4-10,13H,11-12H2,1-3H3,(H,22,26)(H,23,25). The van der Waals surface area contributed by atoms with E-state index in [1.165, 1.54) is 43.1 Å². The van der Waals surface area contributed by atoms with Gasteiger partial charge in [0, 0.05) is 10.9 Å². The molecule has 2 amide bonds. The van der Waals surface area contributed by atoms with Crippen LogP contribution in [0.5, 0.6) is 5.75 Å². The Morgan fingerprint density at radius 1 is 1.12 bits per heavy atom. The number of carbonyl (C=O) groups excluding carboxylic acids is 3. The first-order valence-corrected chi connectivity index (χ1v) is 10.5. The van der Waals surface area contributed by atoms with Crippen LogP contribution in [0, 0.1) is 10.1 Å². The van der Waals surface area contributed by atoms with Crippen LogP contribution in [0.3, 0.4) is 0 Å². The van der Waals surface area contributed by atoms with Crippen LogP contribution >= 0.6 is 11.8 Å². The molecule has 170 valence electrons. The van der Waals surface area contributed by atoms with Gasteiger partial charge in [0.1, 0.15) is 11.4 Å². The van der Waals surface area contributed by atoms with Crippen molar-refractivity contribution >= 4 is 40.9 Å². The maximum Gasteiger partial charge on any atom is 0.339 e. The number of ether oxygens (including phenoxy) is 2. The first-order valence-electron chi connectivity index (χ1n) is 9.51. The zero-order chi connectivity index (χ0) is 23.7. The zero-order valence-corrected chi connectivity index (χ0v) is 18.6. The SMILES string of the molecule is COc1ccc(NC(=O)COC(=O)c2ccccc2SCC(=O)NC(C)C)c([N+](=O)[O-])c1. The van der Waals surface area contributed by atoms with E-state index in [-0.39, 0.29) is 40.4 Å². The molecule has 0 radical (unpaired) electrons. The van der Waals surface area contributed by atoms with Gasteiger partial charge < -0.3 is 20.1 Å². The molecule has 0 aliphatic carbocycles.